The number of hydrogen-bond donors (Lipinski definition) is 0. The van der Waals surface area contributed by atoms with E-state index in [4.69, 9.17) is 21.1 Å². The molecule has 0 aliphatic rings. The number of carbonyl (C=O) groups is 1. The van der Waals surface area contributed by atoms with Crippen molar-refractivity contribution in [3.63, 3.8) is 0 Å². The van der Waals surface area contributed by atoms with Gasteiger partial charge in [-0.25, -0.2) is 0 Å². The summed E-state index contributed by atoms with van der Waals surface area (Å²) in [7, 11) is 0. The fraction of sp³-hybridized carbons (Fsp3) is 0.364. The Morgan fingerprint density at radius 2 is 2.20 bits per heavy atom. The minimum atomic E-state index is 0.412. The van der Waals surface area contributed by atoms with E-state index in [1.807, 2.05) is 6.92 Å². The highest BCUT2D eigenvalue weighted by atomic mass is 35.5. The zero-order valence-corrected chi connectivity index (χ0v) is 9.29. The van der Waals surface area contributed by atoms with Crippen LogP contribution in [0.3, 0.4) is 0 Å². The smallest absolute Gasteiger partial charge is 0.153 e. The molecule has 0 aliphatic heterocycles. The molecule has 0 aliphatic carbocycles. The van der Waals surface area contributed by atoms with Crippen LogP contribution in [-0.4, -0.2) is 26.1 Å². The van der Waals surface area contributed by atoms with Gasteiger partial charge in [0.2, 0.25) is 0 Å². The summed E-state index contributed by atoms with van der Waals surface area (Å²) in [5.41, 5.74) is 0.496. The molecule has 0 amide bonds. The Kier molecular flexibility index (Phi) is 5.15. The Balaban J connectivity index is 2.58. The first-order valence-corrected chi connectivity index (χ1v) is 5.11. The SMILES string of the molecule is CCOCCOc1cc(Cl)ccc1C=O. The molecule has 0 atom stereocenters. The van der Waals surface area contributed by atoms with E-state index < -0.39 is 0 Å². The van der Waals surface area contributed by atoms with Gasteiger partial charge < -0.3 is 9.47 Å². The van der Waals surface area contributed by atoms with Gasteiger partial charge in [0, 0.05) is 11.6 Å². The molecule has 0 radical (unpaired) electrons. The van der Waals surface area contributed by atoms with Crippen molar-refractivity contribution in [3.05, 3.63) is 28.8 Å². The summed E-state index contributed by atoms with van der Waals surface area (Å²) in [5, 5.41) is 0.548. The van der Waals surface area contributed by atoms with Gasteiger partial charge in [0.15, 0.2) is 6.29 Å². The van der Waals surface area contributed by atoms with E-state index in [1.54, 1.807) is 18.2 Å². The highest BCUT2D eigenvalue weighted by molar-refractivity contribution is 6.30. The van der Waals surface area contributed by atoms with Crippen molar-refractivity contribution in [2.75, 3.05) is 19.8 Å². The number of aldehydes is 1. The highest BCUT2D eigenvalue weighted by Crippen LogP contribution is 2.21. The maximum Gasteiger partial charge on any atom is 0.153 e. The Morgan fingerprint density at radius 3 is 2.87 bits per heavy atom. The van der Waals surface area contributed by atoms with Gasteiger partial charge in [0.25, 0.3) is 0 Å². The van der Waals surface area contributed by atoms with Crippen molar-refractivity contribution in [1.29, 1.82) is 0 Å². The number of ether oxygens (including phenoxy) is 2. The van der Waals surface area contributed by atoms with E-state index in [-0.39, 0.29) is 0 Å². The van der Waals surface area contributed by atoms with Gasteiger partial charge in [-0.3, -0.25) is 4.79 Å². The minimum Gasteiger partial charge on any atom is -0.490 e. The maximum absolute atomic E-state index is 10.7. The summed E-state index contributed by atoms with van der Waals surface area (Å²) in [6.07, 6.45) is 0.742. The van der Waals surface area contributed by atoms with Crippen molar-refractivity contribution < 1.29 is 14.3 Å². The van der Waals surface area contributed by atoms with Gasteiger partial charge in [0.1, 0.15) is 12.4 Å². The van der Waals surface area contributed by atoms with Crippen LogP contribution in [0.1, 0.15) is 17.3 Å². The van der Waals surface area contributed by atoms with E-state index >= 15 is 0 Å². The van der Waals surface area contributed by atoms with Gasteiger partial charge >= 0.3 is 0 Å². The molecular weight excluding hydrogens is 216 g/mol. The molecular formula is C11H13ClO3. The second-order valence-electron chi connectivity index (χ2n) is 2.85. The third-order valence-corrected chi connectivity index (χ3v) is 2.03. The van der Waals surface area contributed by atoms with E-state index in [0.29, 0.717) is 36.2 Å². The van der Waals surface area contributed by atoms with Gasteiger partial charge in [-0.15, -0.1) is 0 Å². The van der Waals surface area contributed by atoms with Gasteiger partial charge in [-0.05, 0) is 25.1 Å². The molecule has 0 saturated carbocycles. The molecule has 0 N–H and O–H groups in total. The first kappa shape index (κ1) is 12.0. The molecule has 0 heterocycles. The topological polar surface area (TPSA) is 35.5 Å². The average Bonchev–Trinajstić information content (AvgIpc) is 2.25. The molecule has 0 saturated heterocycles. The molecule has 0 spiro atoms. The van der Waals surface area contributed by atoms with Crippen LogP contribution in [0.15, 0.2) is 18.2 Å². The molecule has 1 aromatic rings. The molecule has 1 rings (SSSR count). The van der Waals surface area contributed by atoms with Crippen LogP contribution >= 0.6 is 11.6 Å². The Bertz CT molecular complexity index is 326. The fourth-order valence-corrected chi connectivity index (χ4v) is 1.25. The molecule has 82 valence electrons. The Labute approximate surface area is 93.9 Å². The van der Waals surface area contributed by atoms with Gasteiger partial charge in [-0.1, -0.05) is 11.6 Å². The number of rotatable bonds is 6. The standard InChI is InChI=1S/C11H13ClO3/c1-2-14-5-6-15-11-7-10(12)4-3-9(11)8-13/h3-4,7-8H,2,5-6H2,1H3. The summed E-state index contributed by atoms with van der Waals surface area (Å²) >= 11 is 5.79. The van der Waals surface area contributed by atoms with Crippen molar-refractivity contribution in [2.45, 2.75) is 6.92 Å². The van der Waals surface area contributed by atoms with E-state index in [1.165, 1.54) is 0 Å². The highest BCUT2D eigenvalue weighted by Gasteiger charge is 2.03. The van der Waals surface area contributed by atoms with E-state index in [9.17, 15) is 4.79 Å². The fourth-order valence-electron chi connectivity index (χ4n) is 1.09. The van der Waals surface area contributed by atoms with Crippen molar-refractivity contribution >= 4 is 17.9 Å². The number of carbonyl (C=O) groups excluding carboxylic acids is 1. The molecule has 3 nitrogen and oxygen atoms in total. The van der Waals surface area contributed by atoms with Gasteiger partial charge in [0.05, 0.1) is 12.2 Å². The monoisotopic (exact) mass is 228 g/mol. The number of halogens is 1. The lowest BCUT2D eigenvalue weighted by molar-refractivity contribution is 0.106. The third kappa shape index (κ3) is 3.90. The molecule has 0 bridgehead atoms. The quantitative estimate of drug-likeness (QED) is 0.555. The molecule has 1 aromatic carbocycles. The van der Waals surface area contributed by atoms with E-state index in [2.05, 4.69) is 0 Å². The molecule has 4 heteroatoms. The summed E-state index contributed by atoms with van der Waals surface area (Å²) in [6, 6.07) is 4.91. The van der Waals surface area contributed by atoms with Crippen LogP contribution in [0, 0.1) is 0 Å². The molecule has 0 fully saturated rings. The van der Waals surface area contributed by atoms with Crippen LogP contribution in [0.5, 0.6) is 5.75 Å². The largest absolute Gasteiger partial charge is 0.490 e. The summed E-state index contributed by atoms with van der Waals surface area (Å²) in [6.45, 7) is 3.48. The molecule has 0 unspecified atom stereocenters. The Hall–Kier alpha value is -1.06. The molecule has 0 aromatic heterocycles. The third-order valence-electron chi connectivity index (χ3n) is 1.79. The zero-order valence-electron chi connectivity index (χ0n) is 8.53. The Morgan fingerprint density at radius 1 is 1.40 bits per heavy atom. The normalized spacial score (nSPS) is 10.0. The van der Waals surface area contributed by atoms with Crippen molar-refractivity contribution in [3.8, 4) is 5.75 Å². The second kappa shape index (κ2) is 6.43. The predicted molar refractivity (Wildman–Crippen MR) is 58.8 cm³/mol. The van der Waals surface area contributed by atoms with Crippen LogP contribution in [0.25, 0.3) is 0 Å². The summed E-state index contributed by atoms with van der Waals surface area (Å²) in [5.74, 6) is 0.497. The maximum atomic E-state index is 10.7. The second-order valence-corrected chi connectivity index (χ2v) is 3.28. The van der Waals surface area contributed by atoms with Gasteiger partial charge in [-0.2, -0.15) is 0 Å². The summed E-state index contributed by atoms with van der Waals surface area (Å²) < 4.78 is 10.5. The number of hydrogen-bond acceptors (Lipinski definition) is 3. The predicted octanol–water partition coefficient (Wildman–Crippen LogP) is 2.57. The number of benzene rings is 1. The lowest BCUT2D eigenvalue weighted by atomic mass is 10.2. The van der Waals surface area contributed by atoms with Crippen molar-refractivity contribution in [2.24, 2.45) is 0 Å². The van der Waals surface area contributed by atoms with Crippen LogP contribution in [-0.2, 0) is 4.74 Å². The van der Waals surface area contributed by atoms with Crippen molar-refractivity contribution in [1.82, 2.24) is 0 Å². The first-order chi connectivity index (χ1) is 7.27. The van der Waals surface area contributed by atoms with Crippen LogP contribution in [0.4, 0.5) is 0 Å². The lowest BCUT2D eigenvalue weighted by Crippen LogP contribution is -2.07. The van der Waals surface area contributed by atoms with Crippen LogP contribution in [0.2, 0.25) is 5.02 Å². The minimum absolute atomic E-state index is 0.412. The average molecular weight is 229 g/mol. The van der Waals surface area contributed by atoms with Crippen LogP contribution < -0.4 is 4.74 Å². The molecule has 15 heavy (non-hydrogen) atoms. The van der Waals surface area contributed by atoms with E-state index in [0.717, 1.165) is 6.29 Å². The zero-order chi connectivity index (χ0) is 11.1. The first-order valence-electron chi connectivity index (χ1n) is 4.73. The lowest BCUT2D eigenvalue weighted by Gasteiger charge is -2.08. The summed E-state index contributed by atoms with van der Waals surface area (Å²) in [4.78, 5) is 10.7.